The molecule has 0 aliphatic rings. The average molecular weight is 451 g/mol. The Labute approximate surface area is 185 Å². The average Bonchev–Trinajstić information content (AvgIpc) is 3.46. The Morgan fingerprint density at radius 3 is 2.52 bits per heavy atom. The van der Waals surface area contributed by atoms with E-state index in [1.54, 1.807) is 0 Å². The number of ether oxygens (including phenoxy) is 1. The lowest BCUT2D eigenvalue weighted by atomic mass is 10.1. The molecular formula is C23H16F3N5O2. The maximum Gasteiger partial charge on any atom is 0.416 e. The van der Waals surface area contributed by atoms with E-state index in [2.05, 4.69) is 31.6 Å². The topological polar surface area (TPSA) is 78.9 Å². The van der Waals surface area contributed by atoms with Crippen molar-refractivity contribution in [3.8, 4) is 34.6 Å². The van der Waals surface area contributed by atoms with Crippen LogP contribution < -0.4 is 4.74 Å². The highest BCUT2D eigenvalue weighted by Gasteiger charge is 2.30. The highest BCUT2D eigenvalue weighted by atomic mass is 19.4. The SMILES string of the molecule is CCn1ccc2ccc(Oc3cnc(-c4nc(-c5ccc(C(F)(F)F)cc5)no4)cn3)cc21. The number of hydrogen-bond acceptors (Lipinski definition) is 6. The van der Waals surface area contributed by atoms with Crippen LogP contribution in [-0.2, 0) is 12.7 Å². The molecule has 0 aliphatic heterocycles. The molecule has 5 rings (SSSR count). The van der Waals surface area contributed by atoms with Crippen molar-refractivity contribution in [3.63, 3.8) is 0 Å². The quantitative estimate of drug-likeness (QED) is 0.327. The van der Waals surface area contributed by atoms with Gasteiger partial charge in [-0.1, -0.05) is 17.3 Å². The van der Waals surface area contributed by atoms with Gasteiger partial charge in [0.25, 0.3) is 5.89 Å². The van der Waals surface area contributed by atoms with Crippen molar-refractivity contribution >= 4 is 10.9 Å². The third kappa shape index (κ3) is 4.14. The second kappa shape index (κ2) is 8.05. The van der Waals surface area contributed by atoms with E-state index >= 15 is 0 Å². The number of alkyl halides is 3. The normalized spacial score (nSPS) is 11.8. The number of benzene rings is 2. The minimum atomic E-state index is -4.41. The summed E-state index contributed by atoms with van der Waals surface area (Å²) in [5.41, 5.74) is 1.00. The summed E-state index contributed by atoms with van der Waals surface area (Å²) in [7, 11) is 0. The molecule has 3 heterocycles. The van der Waals surface area contributed by atoms with Crippen molar-refractivity contribution in [1.29, 1.82) is 0 Å². The summed E-state index contributed by atoms with van der Waals surface area (Å²) in [6.45, 7) is 2.91. The summed E-state index contributed by atoms with van der Waals surface area (Å²) in [6, 6.07) is 12.3. The van der Waals surface area contributed by atoms with Crippen molar-refractivity contribution in [3.05, 3.63) is 72.7 Å². The fourth-order valence-electron chi connectivity index (χ4n) is 3.36. The van der Waals surface area contributed by atoms with E-state index in [1.807, 2.05) is 30.5 Å². The molecule has 3 aromatic heterocycles. The molecule has 33 heavy (non-hydrogen) atoms. The second-order valence-corrected chi connectivity index (χ2v) is 7.16. The first-order valence-corrected chi connectivity index (χ1v) is 10.0. The monoisotopic (exact) mass is 451 g/mol. The van der Waals surface area contributed by atoms with Crippen LogP contribution in [0.1, 0.15) is 12.5 Å². The number of aromatic nitrogens is 5. The summed E-state index contributed by atoms with van der Waals surface area (Å²) in [6.07, 6.45) is 0.464. The van der Waals surface area contributed by atoms with Gasteiger partial charge in [-0.15, -0.1) is 0 Å². The Morgan fingerprint density at radius 1 is 1.00 bits per heavy atom. The van der Waals surface area contributed by atoms with E-state index in [9.17, 15) is 13.2 Å². The van der Waals surface area contributed by atoms with Crippen molar-refractivity contribution < 1.29 is 22.4 Å². The van der Waals surface area contributed by atoms with Crippen LogP contribution >= 0.6 is 0 Å². The van der Waals surface area contributed by atoms with Crippen LogP contribution in [0.25, 0.3) is 33.9 Å². The van der Waals surface area contributed by atoms with Crippen LogP contribution in [0, 0.1) is 0 Å². The molecule has 0 N–H and O–H groups in total. The first-order valence-electron chi connectivity index (χ1n) is 10.0. The zero-order valence-electron chi connectivity index (χ0n) is 17.2. The van der Waals surface area contributed by atoms with Gasteiger partial charge in [-0.25, -0.2) is 9.97 Å². The largest absolute Gasteiger partial charge is 0.437 e. The lowest BCUT2D eigenvalue weighted by Crippen LogP contribution is -2.04. The zero-order valence-corrected chi connectivity index (χ0v) is 17.2. The van der Waals surface area contributed by atoms with Crippen LogP contribution in [0.15, 0.2) is 71.6 Å². The van der Waals surface area contributed by atoms with Crippen molar-refractivity contribution in [1.82, 2.24) is 24.7 Å². The lowest BCUT2D eigenvalue weighted by molar-refractivity contribution is -0.137. The minimum Gasteiger partial charge on any atom is -0.437 e. The molecule has 0 spiro atoms. The molecule has 0 bridgehead atoms. The molecule has 10 heteroatoms. The maximum absolute atomic E-state index is 12.7. The standard InChI is InChI=1S/C23H16F3N5O2/c1-2-31-10-9-14-5-8-17(11-19(14)31)32-20-13-27-18(12-28-20)22-29-21(30-33-22)15-3-6-16(7-4-15)23(24,25)26/h3-13H,2H2,1H3. The Bertz CT molecular complexity index is 1410. The predicted molar refractivity (Wildman–Crippen MR) is 113 cm³/mol. The summed E-state index contributed by atoms with van der Waals surface area (Å²) < 4.78 is 51.3. The van der Waals surface area contributed by atoms with Crippen molar-refractivity contribution in [2.24, 2.45) is 0 Å². The third-order valence-corrected chi connectivity index (χ3v) is 5.05. The van der Waals surface area contributed by atoms with Gasteiger partial charge in [0.2, 0.25) is 11.7 Å². The lowest BCUT2D eigenvalue weighted by Gasteiger charge is -2.06. The molecule has 0 fully saturated rings. The van der Waals surface area contributed by atoms with Crippen LogP contribution in [-0.4, -0.2) is 24.7 Å². The molecule has 5 aromatic rings. The summed E-state index contributed by atoms with van der Waals surface area (Å²) >= 11 is 0. The van der Waals surface area contributed by atoms with E-state index in [-0.39, 0.29) is 17.6 Å². The van der Waals surface area contributed by atoms with Gasteiger partial charge in [-0.2, -0.15) is 18.2 Å². The molecule has 0 amide bonds. The summed E-state index contributed by atoms with van der Waals surface area (Å²) in [5.74, 6) is 1.15. The minimum absolute atomic E-state index is 0.0890. The van der Waals surface area contributed by atoms with Gasteiger partial charge < -0.3 is 13.8 Å². The van der Waals surface area contributed by atoms with Gasteiger partial charge in [-0.05, 0) is 42.6 Å². The zero-order chi connectivity index (χ0) is 23.0. The van der Waals surface area contributed by atoms with Gasteiger partial charge >= 0.3 is 6.18 Å². The molecule has 0 saturated heterocycles. The summed E-state index contributed by atoms with van der Waals surface area (Å²) in [4.78, 5) is 12.7. The number of hydrogen-bond donors (Lipinski definition) is 0. The maximum atomic E-state index is 12.7. The first-order chi connectivity index (χ1) is 15.9. The third-order valence-electron chi connectivity index (χ3n) is 5.05. The molecular weight excluding hydrogens is 435 g/mol. The van der Waals surface area contributed by atoms with Gasteiger partial charge in [-0.3, -0.25) is 0 Å². The molecule has 7 nitrogen and oxygen atoms in total. The molecule has 0 atom stereocenters. The Balaban J connectivity index is 1.32. The number of fused-ring (bicyclic) bond motifs is 1. The van der Waals surface area contributed by atoms with Crippen molar-refractivity contribution in [2.45, 2.75) is 19.6 Å². The highest BCUT2D eigenvalue weighted by Crippen LogP contribution is 2.31. The van der Waals surface area contributed by atoms with E-state index in [0.29, 0.717) is 17.0 Å². The van der Waals surface area contributed by atoms with Crippen LogP contribution in [0.5, 0.6) is 11.6 Å². The smallest absolute Gasteiger partial charge is 0.416 e. The number of rotatable bonds is 5. The first kappa shape index (κ1) is 20.7. The fourth-order valence-corrected chi connectivity index (χ4v) is 3.36. The van der Waals surface area contributed by atoms with Crippen LogP contribution in [0.2, 0.25) is 0 Å². The van der Waals surface area contributed by atoms with Crippen LogP contribution in [0.3, 0.4) is 0 Å². The number of aryl methyl sites for hydroxylation is 1. The molecule has 0 saturated carbocycles. The van der Waals surface area contributed by atoms with E-state index in [4.69, 9.17) is 9.26 Å². The Morgan fingerprint density at radius 2 is 1.82 bits per heavy atom. The fraction of sp³-hybridized carbons (Fsp3) is 0.130. The molecule has 166 valence electrons. The highest BCUT2D eigenvalue weighted by molar-refractivity contribution is 5.81. The van der Waals surface area contributed by atoms with Gasteiger partial charge in [0.05, 0.1) is 23.5 Å². The van der Waals surface area contributed by atoms with Gasteiger partial charge in [0.1, 0.15) is 11.4 Å². The van der Waals surface area contributed by atoms with Gasteiger partial charge in [0, 0.05) is 24.4 Å². The molecule has 0 radical (unpaired) electrons. The van der Waals surface area contributed by atoms with Crippen molar-refractivity contribution in [2.75, 3.05) is 0 Å². The van der Waals surface area contributed by atoms with Crippen LogP contribution in [0.4, 0.5) is 13.2 Å². The molecule has 0 aliphatic carbocycles. The number of halogens is 3. The van der Waals surface area contributed by atoms with Gasteiger partial charge in [0.15, 0.2) is 0 Å². The Kier molecular flexibility index (Phi) is 5.04. The molecule has 2 aromatic carbocycles. The predicted octanol–water partition coefficient (Wildman–Crippen LogP) is 5.98. The molecule has 0 unspecified atom stereocenters. The Hall–Kier alpha value is -4.21. The second-order valence-electron chi connectivity index (χ2n) is 7.16. The van der Waals surface area contributed by atoms with E-state index in [0.717, 1.165) is 29.6 Å². The summed E-state index contributed by atoms with van der Waals surface area (Å²) in [5, 5.41) is 4.93. The van der Waals surface area contributed by atoms with E-state index < -0.39 is 11.7 Å². The number of nitrogens with zero attached hydrogens (tertiary/aromatic N) is 5. The van der Waals surface area contributed by atoms with E-state index in [1.165, 1.54) is 24.5 Å².